The van der Waals surface area contributed by atoms with Gasteiger partial charge in [-0.1, -0.05) is 6.07 Å². The van der Waals surface area contributed by atoms with Gasteiger partial charge >= 0.3 is 6.18 Å². The van der Waals surface area contributed by atoms with Gasteiger partial charge in [-0.3, -0.25) is 0 Å². The molecule has 0 aliphatic heterocycles. The minimum atomic E-state index is -4.70. The maximum absolute atomic E-state index is 13.1. The summed E-state index contributed by atoms with van der Waals surface area (Å²) in [6.45, 7) is 0. The third-order valence-corrected chi connectivity index (χ3v) is 2.13. The summed E-state index contributed by atoms with van der Waals surface area (Å²) in [6, 6.07) is 2.48. The summed E-state index contributed by atoms with van der Waals surface area (Å²) in [6.07, 6.45) is -6.37. The third-order valence-electron chi connectivity index (χ3n) is 1.84. The minimum absolute atomic E-state index is 0.496. The SMILES string of the molecule is O[C@H](CCl)c1c(F)cccc1C(F)(F)F. The number of halogens is 5. The van der Waals surface area contributed by atoms with E-state index in [1.165, 1.54) is 0 Å². The molecule has 15 heavy (non-hydrogen) atoms. The predicted octanol–water partition coefficient (Wildman–Crippen LogP) is 3.12. The van der Waals surface area contributed by atoms with Gasteiger partial charge in [0.15, 0.2) is 0 Å². The average Bonchev–Trinajstić information content (AvgIpc) is 2.15. The molecule has 0 aliphatic rings. The zero-order valence-corrected chi connectivity index (χ0v) is 8.11. The van der Waals surface area contributed by atoms with E-state index in [0.29, 0.717) is 6.07 Å². The van der Waals surface area contributed by atoms with Crippen molar-refractivity contribution in [2.45, 2.75) is 12.3 Å². The van der Waals surface area contributed by atoms with Crippen molar-refractivity contribution in [3.05, 3.63) is 35.1 Å². The molecule has 1 rings (SSSR count). The molecule has 1 N–H and O–H groups in total. The highest BCUT2D eigenvalue weighted by molar-refractivity contribution is 6.18. The van der Waals surface area contributed by atoms with Gasteiger partial charge in [-0.2, -0.15) is 13.2 Å². The molecule has 1 aromatic rings. The van der Waals surface area contributed by atoms with E-state index in [-0.39, 0.29) is 0 Å². The molecule has 0 aliphatic carbocycles. The van der Waals surface area contributed by atoms with Crippen LogP contribution in [0.25, 0.3) is 0 Å². The van der Waals surface area contributed by atoms with E-state index in [4.69, 9.17) is 11.6 Å². The molecule has 1 aromatic carbocycles. The fraction of sp³-hybridized carbons (Fsp3) is 0.333. The second-order valence-electron chi connectivity index (χ2n) is 2.87. The van der Waals surface area contributed by atoms with Crippen molar-refractivity contribution in [3.8, 4) is 0 Å². The summed E-state index contributed by atoms with van der Waals surface area (Å²) in [5.74, 6) is -1.61. The van der Waals surface area contributed by atoms with Gasteiger partial charge in [-0.25, -0.2) is 4.39 Å². The Balaban J connectivity index is 3.33. The lowest BCUT2D eigenvalue weighted by atomic mass is 10.0. The summed E-state index contributed by atoms with van der Waals surface area (Å²) < 4.78 is 50.3. The van der Waals surface area contributed by atoms with Crippen molar-refractivity contribution in [1.82, 2.24) is 0 Å². The molecule has 0 bridgehead atoms. The number of aliphatic hydroxyl groups excluding tert-OH is 1. The van der Waals surface area contributed by atoms with Gasteiger partial charge in [0, 0.05) is 5.56 Å². The van der Waals surface area contributed by atoms with E-state index in [9.17, 15) is 22.7 Å². The fourth-order valence-corrected chi connectivity index (χ4v) is 1.35. The Hall–Kier alpha value is -0.810. The first-order valence-corrected chi connectivity index (χ1v) is 4.51. The number of alkyl halides is 4. The monoisotopic (exact) mass is 242 g/mol. The first kappa shape index (κ1) is 12.3. The van der Waals surface area contributed by atoms with Crippen LogP contribution in [-0.4, -0.2) is 11.0 Å². The van der Waals surface area contributed by atoms with Crippen LogP contribution in [0.1, 0.15) is 17.2 Å². The second kappa shape index (κ2) is 4.37. The number of hydrogen-bond donors (Lipinski definition) is 1. The molecule has 0 saturated heterocycles. The van der Waals surface area contributed by atoms with Crippen molar-refractivity contribution < 1.29 is 22.7 Å². The zero-order chi connectivity index (χ0) is 11.6. The van der Waals surface area contributed by atoms with Crippen molar-refractivity contribution in [1.29, 1.82) is 0 Å². The quantitative estimate of drug-likeness (QED) is 0.624. The molecule has 0 spiro atoms. The molecule has 0 radical (unpaired) electrons. The van der Waals surface area contributed by atoms with Gasteiger partial charge in [-0.05, 0) is 12.1 Å². The minimum Gasteiger partial charge on any atom is -0.387 e. The molecule has 0 saturated carbocycles. The lowest BCUT2D eigenvalue weighted by Crippen LogP contribution is -2.14. The van der Waals surface area contributed by atoms with Crippen LogP contribution in [0, 0.1) is 5.82 Å². The molecule has 0 fully saturated rings. The Labute approximate surface area is 88.3 Å². The van der Waals surface area contributed by atoms with Crippen molar-refractivity contribution in [2.75, 3.05) is 5.88 Å². The lowest BCUT2D eigenvalue weighted by Gasteiger charge is -2.16. The highest BCUT2D eigenvalue weighted by Crippen LogP contribution is 2.36. The van der Waals surface area contributed by atoms with Gasteiger partial charge in [0.25, 0.3) is 0 Å². The molecule has 0 unspecified atom stereocenters. The summed E-state index contributed by atoms with van der Waals surface area (Å²) in [5, 5.41) is 9.18. The number of rotatable bonds is 2. The Kier molecular flexibility index (Phi) is 3.57. The van der Waals surface area contributed by atoms with Crippen LogP contribution in [0.5, 0.6) is 0 Å². The van der Waals surface area contributed by atoms with Crippen molar-refractivity contribution in [2.24, 2.45) is 0 Å². The van der Waals surface area contributed by atoms with Crippen LogP contribution in [0.15, 0.2) is 18.2 Å². The molecule has 6 heteroatoms. The van der Waals surface area contributed by atoms with Crippen LogP contribution < -0.4 is 0 Å². The first-order chi connectivity index (χ1) is 6.88. The van der Waals surface area contributed by atoms with Crippen LogP contribution in [0.2, 0.25) is 0 Å². The standard InChI is InChI=1S/C9H7ClF4O/c10-4-7(15)8-5(9(12,13)14)2-1-3-6(8)11/h1-3,7,15H,4H2/t7-/m1/s1. The maximum Gasteiger partial charge on any atom is 0.416 e. The van der Waals surface area contributed by atoms with E-state index in [2.05, 4.69) is 0 Å². The normalized spacial score (nSPS) is 14.0. The molecule has 0 heterocycles. The predicted molar refractivity (Wildman–Crippen MR) is 47.1 cm³/mol. The van der Waals surface area contributed by atoms with E-state index >= 15 is 0 Å². The fourth-order valence-electron chi connectivity index (χ4n) is 1.20. The van der Waals surface area contributed by atoms with E-state index in [0.717, 1.165) is 12.1 Å². The third kappa shape index (κ3) is 2.60. The molecule has 0 amide bonds. The smallest absolute Gasteiger partial charge is 0.387 e. The Morgan fingerprint density at radius 3 is 2.40 bits per heavy atom. The summed E-state index contributed by atoms with van der Waals surface area (Å²) >= 11 is 5.20. The average molecular weight is 243 g/mol. The van der Waals surface area contributed by atoms with Crippen LogP contribution in [-0.2, 0) is 6.18 Å². The van der Waals surface area contributed by atoms with Gasteiger partial charge < -0.3 is 5.11 Å². The van der Waals surface area contributed by atoms with Crippen molar-refractivity contribution >= 4 is 11.6 Å². The van der Waals surface area contributed by atoms with Gasteiger partial charge in [-0.15, -0.1) is 11.6 Å². The topological polar surface area (TPSA) is 20.2 Å². The van der Waals surface area contributed by atoms with Crippen LogP contribution in [0.4, 0.5) is 17.6 Å². The van der Waals surface area contributed by atoms with Crippen molar-refractivity contribution in [3.63, 3.8) is 0 Å². The van der Waals surface area contributed by atoms with E-state index < -0.39 is 35.1 Å². The van der Waals surface area contributed by atoms with Gasteiger partial charge in [0.2, 0.25) is 0 Å². The van der Waals surface area contributed by atoms with E-state index in [1.807, 2.05) is 0 Å². The van der Waals surface area contributed by atoms with Gasteiger partial charge in [0.1, 0.15) is 5.82 Å². The first-order valence-electron chi connectivity index (χ1n) is 3.97. The summed E-state index contributed by atoms with van der Waals surface area (Å²) in [7, 11) is 0. The number of aliphatic hydroxyl groups is 1. The molecule has 1 nitrogen and oxygen atoms in total. The lowest BCUT2D eigenvalue weighted by molar-refractivity contribution is -0.139. The molecule has 0 aromatic heterocycles. The Morgan fingerprint density at radius 1 is 1.33 bits per heavy atom. The van der Waals surface area contributed by atoms with Crippen LogP contribution in [0.3, 0.4) is 0 Å². The summed E-state index contributed by atoms with van der Waals surface area (Å²) in [5.41, 5.74) is -2.00. The molecule has 84 valence electrons. The second-order valence-corrected chi connectivity index (χ2v) is 3.18. The zero-order valence-electron chi connectivity index (χ0n) is 7.35. The van der Waals surface area contributed by atoms with Gasteiger partial charge in [0.05, 0.1) is 17.5 Å². The number of hydrogen-bond acceptors (Lipinski definition) is 1. The number of benzene rings is 1. The highest BCUT2D eigenvalue weighted by Gasteiger charge is 2.36. The largest absolute Gasteiger partial charge is 0.416 e. The Morgan fingerprint density at radius 2 is 1.93 bits per heavy atom. The van der Waals surface area contributed by atoms with Crippen LogP contribution >= 0.6 is 11.6 Å². The summed E-state index contributed by atoms with van der Waals surface area (Å²) in [4.78, 5) is 0. The highest BCUT2D eigenvalue weighted by atomic mass is 35.5. The Bertz CT molecular complexity index is 350. The molecular weight excluding hydrogens is 236 g/mol. The molecule has 1 atom stereocenters. The van der Waals surface area contributed by atoms with E-state index in [1.54, 1.807) is 0 Å². The maximum atomic E-state index is 13.1. The molecular formula is C9H7ClF4O.